The monoisotopic (exact) mass is 476 g/mol. The molecule has 0 N–H and O–H groups in total. The number of hydrogen-bond donors (Lipinski definition) is 0. The Balaban J connectivity index is 1.87. The van der Waals surface area contributed by atoms with Crippen molar-refractivity contribution >= 4 is 5.97 Å². The van der Waals surface area contributed by atoms with Crippen LogP contribution in [0.25, 0.3) is 0 Å². The lowest BCUT2D eigenvalue weighted by Gasteiger charge is -2.17. The minimum Gasteiger partial charge on any atom is -0.491 e. The lowest BCUT2D eigenvalue weighted by molar-refractivity contribution is 0.0425. The highest BCUT2D eigenvalue weighted by Crippen LogP contribution is 2.26. The summed E-state index contributed by atoms with van der Waals surface area (Å²) >= 11 is 0. The van der Waals surface area contributed by atoms with Crippen LogP contribution in [-0.4, -0.2) is 31.7 Å². The summed E-state index contributed by atoms with van der Waals surface area (Å²) in [5.74, 6) is -0.513. The molecule has 0 fully saturated rings. The van der Waals surface area contributed by atoms with E-state index < -0.39 is 18.3 Å². The summed E-state index contributed by atoms with van der Waals surface area (Å²) in [5.41, 5.74) is 0.846. The molecule has 2 aromatic rings. The molecule has 0 saturated heterocycles. The number of esters is 1. The van der Waals surface area contributed by atoms with E-state index in [-0.39, 0.29) is 12.7 Å². The summed E-state index contributed by atoms with van der Waals surface area (Å²) in [6, 6.07) is 13.0. The number of ether oxygens (including phenoxy) is 3. The lowest BCUT2D eigenvalue weighted by atomic mass is 10.0. The summed E-state index contributed by atoms with van der Waals surface area (Å²) in [6.07, 6.45) is 5.18. The van der Waals surface area contributed by atoms with E-state index in [0.29, 0.717) is 29.2 Å². The number of benzene rings is 2. The van der Waals surface area contributed by atoms with Gasteiger partial charge in [0.15, 0.2) is 0 Å². The number of rotatable bonds is 16. The van der Waals surface area contributed by atoms with Crippen molar-refractivity contribution < 1.29 is 27.8 Å². The maximum absolute atomic E-state index is 13.5. The number of alkyl halides is 2. The van der Waals surface area contributed by atoms with Crippen molar-refractivity contribution in [2.75, 3.05) is 13.2 Å². The molecule has 2 atom stereocenters. The molecule has 2 rings (SSSR count). The van der Waals surface area contributed by atoms with Crippen molar-refractivity contribution in [1.29, 1.82) is 0 Å². The zero-order valence-corrected chi connectivity index (χ0v) is 20.6. The molecule has 0 spiro atoms. The van der Waals surface area contributed by atoms with Crippen LogP contribution in [0.2, 0.25) is 0 Å². The van der Waals surface area contributed by atoms with Gasteiger partial charge in [-0.1, -0.05) is 51.7 Å². The second-order valence-corrected chi connectivity index (χ2v) is 8.63. The average Bonchev–Trinajstić information content (AvgIpc) is 2.83. The fourth-order valence-electron chi connectivity index (χ4n) is 3.54. The first-order chi connectivity index (χ1) is 16.4. The Morgan fingerprint density at radius 2 is 1.50 bits per heavy atom. The minimum atomic E-state index is -2.53. The Labute approximate surface area is 202 Å². The maximum Gasteiger partial charge on any atom is 0.343 e. The number of carbonyl (C=O) groups excluding carboxylic acids is 1. The molecule has 4 nitrogen and oxygen atoms in total. The second kappa shape index (κ2) is 15.4. The van der Waals surface area contributed by atoms with E-state index in [9.17, 15) is 13.6 Å². The van der Waals surface area contributed by atoms with E-state index in [1.165, 1.54) is 31.4 Å². The normalized spacial score (nSPS) is 13.0. The average molecular weight is 477 g/mol. The number of hydrogen-bond acceptors (Lipinski definition) is 4. The van der Waals surface area contributed by atoms with Gasteiger partial charge in [-0.25, -0.2) is 13.6 Å². The van der Waals surface area contributed by atoms with Gasteiger partial charge in [0.05, 0.1) is 24.2 Å². The Hall–Kier alpha value is -2.47. The largest absolute Gasteiger partial charge is 0.491 e. The fraction of sp³-hybridized carbons (Fsp3) is 0.536. The van der Waals surface area contributed by atoms with Crippen molar-refractivity contribution in [3.8, 4) is 11.5 Å². The fourth-order valence-corrected chi connectivity index (χ4v) is 3.54. The highest BCUT2D eigenvalue weighted by molar-refractivity contribution is 5.91. The van der Waals surface area contributed by atoms with Gasteiger partial charge in [0.25, 0.3) is 0 Å². The van der Waals surface area contributed by atoms with Crippen molar-refractivity contribution in [3.63, 3.8) is 0 Å². The van der Waals surface area contributed by atoms with Crippen molar-refractivity contribution in [2.24, 2.45) is 0 Å². The SMILES string of the molecule is CCCCCCC(C)Oc1ccc(C(=O)Oc2ccc([C@@H](COCCCC)C(F)F)cc2)cc1. The Morgan fingerprint density at radius 3 is 2.12 bits per heavy atom. The first-order valence-corrected chi connectivity index (χ1v) is 12.4. The van der Waals surface area contributed by atoms with E-state index in [1.807, 2.05) is 13.8 Å². The maximum atomic E-state index is 13.5. The van der Waals surface area contributed by atoms with Crippen LogP contribution in [0.1, 0.15) is 87.6 Å². The molecule has 0 bridgehead atoms. The van der Waals surface area contributed by atoms with Gasteiger partial charge in [-0.05, 0) is 68.1 Å². The van der Waals surface area contributed by atoms with Gasteiger partial charge in [-0.15, -0.1) is 0 Å². The number of carbonyl (C=O) groups is 1. The topological polar surface area (TPSA) is 44.8 Å². The zero-order valence-electron chi connectivity index (χ0n) is 20.6. The van der Waals surface area contributed by atoms with E-state index in [1.54, 1.807) is 36.4 Å². The molecular weight excluding hydrogens is 438 g/mol. The third kappa shape index (κ3) is 9.80. The first-order valence-electron chi connectivity index (χ1n) is 12.4. The Kier molecular flexibility index (Phi) is 12.6. The molecule has 6 heteroatoms. The number of unbranched alkanes of at least 4 members (excludes halogenated alkanes) is 4. The molecule has 2 aromatic carbocycles. The lowest BCUT2D eigenvalue weighted by Crippen LogP contribution is -2.16. The molecule has 1 unspecified atom stereocenters. The molecule has 0 radical (unpaired) electrons. The van der Waals surface area contributed by atoms with Gasteiger partial charge in [0.2, 0.25) is 6.43 Å². The third-order valence-electron chi connectivity index (χ3n) is 5.65. The van der Waals surface area contributed by atoms with E-state index in [2.05, 4.69) is 6.92 Å². The number of halogens is 2. The quantitative estimate of drug-likeness (QED) is 0.141. The van der Waals surface area contributed by atoms with Crippen LogP contribution in [0.5, 0.6) is 11.5 Å². The first kappa shape index (κ1) is 27.8. The second-order valence-electron chi connectivity index (χ2n) is 8.63. The summed E-state index contributed by atoms with van der Waals surface area (Å²) in [7, 11) is 0. The van der Waals surface area contributed by atoms with Gasteiger partial charge in [0.1, 0.15) is 11.5 Å². The summed E-state index contributed by atoms with van der Waals surface area (Å²) < 4.78 is 43.6. The molecule has 0 saturated carbocycles. The van der Waals surface area contributed by atoms with Crippen LogP contribution >= 0.6 is 0 Å². The molecule has 0 heterocycles. The van der Waals surface area contributed by atoms with Crippen molar-refractivity contribution in [3.05, 3.63) is 59.7 Å². The van der Waals surface area contributed by atoms with Gasteiger partial charge < -0.3 is 14.2 Å². The zero-order chi connectivity index (χ0) is 24.8. The molecule has 0 aliphatic heterocycles. The van der Waals surface area contributed by atoms with Crippen LogP contribution < -0.4 is 9.47 Å². The molecule has 0 aromatic heterocycles. The molecule has 188 valence electrons. The van der Waals surface area contributed by atoms with Crippen molar-refractivity contribution in [1.82, 2.24) is 0 Å². The Morgan fingerprint density at radius 1 is 0.853 bits per heavy atom. The summed E-state index contributed by atoms with van der Waals surface area (Å²) in [4.78, 5) is 12.5. The highest BCUT2D eigenvalue weighted by atomic mass is 19.3. The predicted molar refractivity (Wildman–Crippen MR) is 131 cm³/mol. The Bertz CT molecular complexity index is 821. The van der Waals surface area contributed by atoms with Crippen LogP contribution in [-0.2, 0) is 4.74 Å². The van der Waals surface area contributed by atoms with E-state index in [0.717, 1.165) is 25.7 Å². The van der Waals surface area contributed by atoms with Crippen LogP contribution in [0.15, 0.2) is 48.5 Å². The molecule has 0 amide bonds. The highest BCUT2D eigenvalue weighted by Gasteiger charge is 2.23. The van der Waals surface area contributed by atoms with Gasteiger partial charge in [0, 0.05) is 6.61 Å². The standard InChI is InChI=1S/C28H38F2O4/c1-4-6-8-9-10-21(3)33-24-17-13-23(14-18-24)28(31)34-25-15-11-22(12-16-25)26(27(29)30)20-32-19-7-5-2/h11-18,21,26-27H,4-10,19-20H2,1-3H3/t21?,26-/m1/s1. The van der Waals surface area contributed by atoms with Crippen LogP contribution in [0.4, 0.5) is 8.78 Å². The minimum absolute atomic E-state index is 0.0391. The molecule has 0 aliphatic rings. The van der Waals surface area contributed by atoms with Gasteiger partial charge in [-0.2, -0.15) is 0 Å². The molecular formula is C28H38F2O4. The van der Waals surface area contributed by atoms with Crippen LogP contribution in [0.3, 0.4) is 0 Å². The summed E-state index contributed by atoms with van der Waals surface area (Å²) in [5, 5.41) is 0. The molecule has 0 aliphatic carbocycles. The van der Waals surface area contributed by atoms with Gasteiger partial charge >= 0.3 is 5.97 Å². The summed E-state index contributed by atoms with van der Waals surface area (Å²) in [6.45, 7) is 6.69. The van der Waals surface area contributed by atoms with Gasteiger partial charge in [-0.3, -0.25) is 0 Å². The third-order valence-corrected chi connectivity index (χ3v) is 5.65. The van der Waals surface area contributed by atoms with E-state index >= 15 is 0 Å². The van der Waals surface area contributed by atoms with Crippen LogP contribution in [0, 0.1) is 0 Å². The molecule has 34 heavy (non-hydrogen) atoms. The van der Waals surface area contributed by atoms with E-state index in [4.69, 9.17) is 14.2 Å². The smallest absolute Gasteiger partial charge is 0.343 e. The predicted octanol–water partition coefficient (Wildman–Crippen LogP) is 7.81. The van der Waals surface area contributed by atoms with Crippen molar-refractivity contribution in [2.45, 2.75) is 84.2 Å².